The van der Waals surface area contributed by atoms with Gasteiger partial charge in [-0.3, -0.25) is 0 Å². The quantitative estimate of drug-likeness (QED) is 0.180. The summed E-state index contributed by atoms with van der Waals surface area (Å²) in [5.74, 6) is 0. The van der Waals surface area contributed by atoms with Crippen LogP contribution in [0.3, 0.4) is 0 Å². The highest BCUT2D eigenvalue weighted by atomic mass is 15.1. The molecule has 1 heterocycles. The summed E-state index contributed by atoms with van der Waals surface area (Å²) in [6.45, 7) is 4.53. The first-order chi connectivity index (χ1) is 23.6. The molecule has 0 aliphatic carbocycles. The molecule has 10 rings (SSSR count). The molecule has 2 nitrogen and oxygen atoms in total. The van der Waals surface area contributed by atoms with E-state index in [-0.39, 0.29) is 0 Å². The molecule has 0 atom stereocenters. The van der Waals surface area contributed by atoms with Crippen LogP contribution in [0.2, 0.25) is 0 Å². The molecular formula is C46H32N2. The molecule has 0 saturated heterocycles. The average Bonchev–Trinajstić information content (AvgIpc) is 3.37. The van der Waals surface area contributed by atoms with Crippen LogP contribution in [0.4, 0.5) is 17.1 Å². The van der Waals surface area contributed by atoms with Crippen LogP contribution in [0.15, 0.2) is 158 Å². The van der Waals surface area contributed by atoms with E-state index >= 15 is 0 Å². The highest BCUT2D eigenvalue weighted by molar-refractivity contribution is 6.24. The number of benzene rings is 9. The SMILES string of the molecule is Cc1c(C)n(-c2ccc3ccc4cccc5ccc2c3c45)c2cc3ccc(N(c4ccccc4)c4ccc5ccccc5c4)cc3cc12. The maximum absolute atomic E-state index is 2.48. The Kier molecular flexibility index (Phi) is 5.74. The van der Waals surface area contributed by atoms with Gasteiger partial charge in [0.15, 0.2) is 0 Å². The largest absolute Gasteiger partial charge is 0.313 e. The maximum atomic E-state index is 2.48. The molecule has 0 spiro atoms. The highest BCUT2D eigenvalue weighted by Gasteiger charge is 2.19. The minimum absolute atomic E-state index is 1.14. The summed E-state index contributed by atoms with van der Waals surface area (Å²) in [5, 5.41) is 14.1. The van der Waals surface area contributed by atoms with Gasteiger partial charge in [-0.15, -0.1) is 0 Å². The lowest BCUT2D eigenvalue weighted by atomic mass is 9.93. The zero-order valence-corrected chi connectivity index (χ0v) is 26.9. The Hall–Kier alpha value is -6.12. The zero-order valence-electron chi connectivity index (χ0n) is 26.9. The van der Waals surface area contributed by atoms with Gasteiger partial charge in [0.1, 0.15) is 0 Å². The van der Waals surface area contributed by atoms with Gasteiger partial charge in [0, 0.05) is 33.5 Å². The van der Waals surface area contributed by atoms with Crippen molar-refractivity contribution in [3.8, 4) is 5.69 Å². The van der Waals surface area contributed by atoms with Crippen molar-refractivity contribution in [3.05, 3.63) is 169 Å². The normalized spacial score (nSPS) is 12.0. The molecule has 9 aromatic carbocycles. The van der Waals surface area contributed by atoms with E-state index in [1.165, 1.54) is 81.7 Å². The van der Waals surface area contributed by atoms with Gasteiger partial charge in [0.25, 0.3) is 0 Å². The second-order valence-corrected chi connectivity index (χ2v) is 13.1. The van der Waals surface area contributed by atoms with Gasteiger partial charge in [-0.25, -0.2) is 0 Å². The Morgan fingerprint density at radius 1 is 0.396 bits per heavy atom. The summed E-state index contributed by atoms with van der Waals surface area (Å²) in [6, 6.07) is 58.0. The van der Waals surface area contributed by atoms with Crippen LogP contribution < -0.4 is 4.90 Å². The summed E-state index contributed by atoms with van der Waals surface area (Å²) in [5.41, 5.74) is 8.50. The van der Waals surface area contributed by atoms with Crippen molar-refractivity contribution in [1.29, 1.82) is 0 Å². The van der Waals surface area contributed by atoms with Crippen molar-refractivity contribution in [2.45, 2.75) is 13.8 Å². The molecule has 2 heteroatoms. The predicted molar refractivity (Wildman–Crippen MR) is 206 cm³/mol. The van der Waals surface area contributed by atoms with Crippen molar-refractivity contribution in [3.63, 3.8) is 0 Å². The number of hydrogen-bond donors (Lipinski definition) is 0. The molecule has 0 aliphatic heterocycles. The molecule has 0 bridgehead atoms. The predicted octanol–water partition coefficient (Wildman–Crippen LogP) is 12.9. The number of aryl methyl sites for hydroxylation is 1. The van der Waals surface area contributed by atoms with Crippen LogP contribution in [0.25, 0.3) is 70.5 Å². The summed E-state index contributed by atoms with van der Waals surface area (Å²) in [7, 11) is 0. The van der Waals surface area contributed by atoms with Crippen molar-refractivity contribution in [2.24, 2.45) is 0 Å². The first-order valence-electron chi connectivity index (χ1n) is 16.7. The van der Waals surface area contributed by atoms with Crippen LogP contribution in [0.5, 0.6) is 0 Å². The van der Waals surface area contributed by atoms with E-state index in [9.17, 15) is 0 Å². The van der Waals surface area contributed by atoms with Gasteiger partial charge >= 0.3 is 0 Å². The fraction of sp³-hybridized carbons (Fsp3) is 0.0435. The number of hydrogen-bond acceptors (Lipinski definition) is 1. The third-order valence-corrected chi connectivity index (χ3v) is 10.5. The standard InChI is InChI=1S/C46H32N2/c1-29-30(2)47(43-24-20-34-16-15-32-11-8-12-33-19-23-41(43)46(34)45(32)33)44-28-36-18-22-40(26-37(36)27-42(29)44)48(38-13-4-3-5-14-38)39-21-17-31-9-6-7-10-35(31)25-39/h3-28H,1-2H3. The van der Waals surface area contributed by atoms with Crippen LogP contribution in [0.1, 0.15) is 11.3 Å². The van der Waals surface area contributed by atoms with Crippen LogP contribution in [-0.4, -0.2) is 4.57 Å². The Bertz CT molecular complexity index is 2840. The van der Waals surface area contributed by atoms with E-state index < -0.39 is 0 Å². The monoisotopic (exact) mass is 612 g/mol. The number of para-hydroxylation sites is 1. The third-order valence-electron chi connectivity index (χ3n) is 10.5. The number of aromatic nitrogens is 1. The molecule has 10 aromatic rings. The van der Waals surface area contributed by atoms with Crippen LogP contribution >= 0.6 is 0 Å². The fourth-order valence-corrected chi connectivity index (χ4v) is 8.01. The number of anilines is 3. The minimum atomic E-state index is 1.14. The molecule has 48 heavy (non-hydrogen) atoms. The highest BCUT2D eigenvalue weighted by Crippen LogP contribution is 2.42. The lowest BCUT2D eigenvalue weighted by molar-refractivity contribution is 1.05. The number of rotatable bonds is 4. The van der Waals surface area contributed by atoms with Gasteiger partial charge in [-0.05, 0) is 122 Å². The molecule has 0 fully saturated rings. The fourth-order valence-electron chi connectivity index (χ4n) is 8.01. The second-order valence-electron chi connectivity index (χ2n) is 13.1. The van der Waals surface area contributed by atoms with E-state index in [0.29, 0.717) is 0 Å². The first-order valence-corrected chi connectivity index (χ1v) is 16.7. The second kappa shape index (κ2) is 10.2. The van der Waals surface area contributed by atoms with Crippen LogP contribution in [-0.2, 0) is 0 Å². The van der Waals surface area contributed by atoms with E-state index in [1.54, 1.807) is 0 Å². The molecule has 0 radical (unpaired) electrons. The molecule has 0 unspecified atom stereocenters. The summed E-state index contributed by atoms with van der Waals surface area (Å²) in [6.07, 6.45) is 0. The molecule has 0 amide bonds. The minimum Gasteiger partial charge on any atom is -0.313 e. The van der Waals surface area contributed by atoms with Crippen molar-refractivity contribution in [2.75, 3.05) is 4.90 Å². The number of fused-ring (bicyclic) bond motifs is 3. The Balaban J connectivity index is 1.17. The smallest absolute Gasteiger partial charge is 0.0540 e. The molecule has 226 valence electrons. The van der Waals surface area contributed by atoms with Gasteiger partial charge in [0.2, 0.25) is 0 Å². The van der Waals surface area contributed by atoms with E-state index in [4.69, 9.17) is 0 Å². The maximum Gasteiger partial charge on any atom is 0.0540 e. The summed E-state index contributed by atoms with van der Waals surface area (Å²) >= 11 is 0. The molecular weight excluding hydrogens is 581 g/mol. The third kappa shape index (κ3) is 3.93. The van der Waals surface area contributed by atoms with Crippen molar-refractivity contribution in [1.82, 2.24) is 4.57 Å². The van der Waals surface area contributed by atoms with Gasteiger partial charge in [-0.2, -0.15) is 0 Å². The van der Waals surface area contributed by atoms with Crippen LogP contribution in [0, 0.1) is 13.8 Å². The molecule has 0 saturated carbocycles. The lowest BCUT2D eigenvalue weighted by Gasteiger charge is -2.26. The average molecular weight is 613 g/mol. The lowest BCUT2D eigenvalue weighted by Crippen LogP contribution is -2.09. The number of nitrogens with zero attached hydrogens (tertiary/aromatic N) is 2. The zero-order chi connectivity index (χ0) is 31.9. The van der Waals surface area contributed by atoms with E-state index in [1.807, 2.05) is 0 Å². The summed E-state index contributed by atoms with van der Waals surface area (Å²) < 4.78 is 2.48. The molecule has 0 N–H and O–H groups in total. The Morgan fingerprint density at radius 3 is 1.77 bits per heavy atom. The van der Waals surface area contributed by atoms with Crippen molar-refractivity contribution >= 4 is 81.8 Å². The first kappa shape index (κ1) is 27.0. The Morgan fingerprint density at radius 2 is 0.979 bits per heavy atom. The van der Waals surface area contributed by atoms with Crippen molar-refractivity contribution < 1.29 is 0 Å². The van der Waals surface area contributed by atoms with Gasteiger partial charge in [-0.1, -0.05) is 103 Å². The van der Waals surface area contributed by atoms with E-state index in [2.05, 4.69) is 181 Å². The van der Waals surface area contributed by atoms with Gasteiger partial charge < -0.3 is 9.47 Å². The topological polar surface area (TPSA) is 8.17 Å². The van der Waals surface area contributed by atoms with Gasteiger partial charge in [0.05, 0.1) is 11.2 Å². The molecule has 1 aromatic heterocycles. The molecule has 0 aliphatic rings. The summed E-state index contributed by atoms with van der Waals surface area (Å²) in [4.78, 5) is 2.37. The van der Waals surface area contributed by atoms with E-state index in [0.717, 1.165) is 17.1 Å². The Labute approximate surface area is 279 Å².